The second-order valence-corrected chi connectivity index (χ2v) is 6.87. The predicted octanol–water partition coefficient (Wildman–Crippen LogP) is 3.24. The first-order valence-corrected chi connectivity index (χ1v) is 9.16. The molecule has 1 amide bonds. The maximum atomic E-state index is 12.8. The van der Waals surface area contributed by atoms with Gasteiger partial charge in [-0.1, -0.05) is 36.4 Å². The highest BCUT2D eigenvalue weighted by atomic mass is 32.1. The summed E-state index contributed by atoms with van der Waals surface area (Å²) in [6.45, 7) is 1.88. The molecule has 1 aliphatic rings. The summed E-state index contributed by atoms with van der Waals surface area (Å²) in [5.41, 5.74) is 1.23. The molecular formula is C19H23NO3S. The van der Waals surface area contributed by atoms with Crippen molar-refractivity contribution in [3.63, 3.8) is 0 Å². The number of benzene rings is 1. The van der Waals surface area contributed by atoms with Gasteiger partial charge in [0, 0.05) is 13.7 Å². The zero-order chi connectivity index (χ0) is 16.8. The predicted molar refractivity (Wildman–Crippen MR) is 95.5 cm³/mol. The maximum Gasteiger partial charge on any atom is 0.264 e. The zero-order valence-corrected chi connectivity index (χ0v) is 14.7. The van der Waals surface area contributed by atoms with E-state index in [1.54, 1.807) is 7.11 Å². The minimum atomic E-state index is 0.0595. The molecule has 0 unspecified atom stereocenters. The summed E-state index contributed by atoms with van der Waals surface area (Å²) in [4.78, 5) is 15.6. The maximum absolute atomic E-state index is 12.8. The number of hydrogen-bond donors (Lipinski definition) is 0. The number of likely N-dealkylation sites (tertiary alicyclic amines) is 1. The van der Waals surface area contributed by atoms with E-state index >= 15 is 0 Å². The summed E-state index contributed by atoms with van der Waals surface area (Å²) in [5, 5.41) is 1.95. The fourth-order valence-corrected chi connectivity index (χ4v) is 3.87. The third-order valence-electron chi connectivity index (χ3n) is 4.38. The number of carbonyl (C=O) groups excluding carboxylic acids is 1. The van der Waals surface area contributed by atoms with Crippen molar-refractivity contribution in [3.05, 3.63) is 58.3 Å². The zero-order valence-electron chi connectivity index (χ0n) is 13.9. The van der Waals surface area contributed by atoms with E-state index in [4.69, 9.17) is 9.47 Å². The molecule has 1 fully saturated rings. The fraction of sp³-hybridized carbons (Fsp3) is 0.421. The van der Waals surface area contributed by atoms with E-state index in [1.807, 2.05) is 40.6 Å². The number of amides is 1. The van der Waals surface area contributed by atoms with Gasteiger partial charge in [0.05, 0.1) is 30.2 Å². The van der Waals surface area contributed by atoms with Crippen LogP contribution in [0.5, 0.6) is 0 Å². The van der Waals surface area contributed by atoms with Crippen molar-refractivity contribution in [3.8, 4) is 0 Å². The quantitative estimate of drug-likeness (QED) is 0.723. The van der Waals surface area contributed by atoms with E-state index in [0.29, 0.717) is 13.2 Å². The van der Waals surface area contributed by atoms with Crippen LogP contribution in [0.3, 0.4) is 0 Å². The molecular weight excluding hydrogens is 322 g/mol. The monoisotopic (exact) mass is 345 g/mol. The Morgan fingerprint density at radius 1 is 1.21 bits per heavy atom. The second kappa shape index (κ2) is 8.42. The number of rotatable bonds is 7. The lowest BCUT2D eigenvalue weighted by Crippen LogP contribution is -2.42. The Kier molecular flexibility index (Phi) is 6.01. The Labute approximate surface area is 147 Å². The van der Waals surface area contributed by atoms with Gasteiger partial charge in [-0.3, -0.25) is 4.79 Å². The van der Waals surface area contributed by atoms with E-state index in [9.17, 15) is 4.79 Å². The first-order valence-electron chi connectivity index (χ1n) is 8.28. The van der Waals surface area contributed by atoms with Crippen LogP contribution in [0.4, 0.5) is 0 Å². The highest BCUT2D eigenvalue weighted by molar-refractivity contribution is 7.12. The molecule has 2 atom stereocenters. The summed E-state index contributed by atoms with van der Waals surface area (Å²) < 4.78 is 11.1. The number of methoxy groups -OCH3 is 1. The summed E-state index contributed by atoms with van der Waals surface area (Å²) in [5.74, 6) is 0.115. The molecule has 1 aliphatic heterocycles. The molecule has 0 radical (unpaired) electrons. The number of carbonyl (C=O) groups is 1. The van der Waals surface area contributed by atoms with Gasteiger partial charge in [0.1, 0.15) is 0 Å². The van der Waals surface area contributed by atoms with Gasteiger partial charge in [-0.25, -0.2) is 0 Å². The highest BCUT2D eigenvalue weighted by Gasteiger charge is 2.38. The van der Waals surface area contributed by atoms with Gasteiger partial charge < -0.3 is 14.4 Å². The van der Waals surface area contributed by atoms with Gasteiger partial charge in [-0.05, 0) is 29.9 Å². The molecule has 0 spiro atoms. The molecule has 4 nitrogen and oxygen atoms in total. The molecule has 0 N–H and O–H groups in total. The third kappa shape index (κ3) is 4.04. The lowest BCUT2D eigenvalue weighted by Gasteiger charge is -2.28. The van der Waals surface area contributed by atoms with Crippen molar-refractivity contribution in [2.45, 2.75) is 25.0 Å². The lowest BCUT2D eigenvalue weighted by molar-refractivity contribution is 0.000560. The highest BCUT2D eigenvalue weighted by Crippen LogP contribution is 2.27. The van der Waals surface area contributed by atoms with Crippen LogP contribution in [0.2, 0.25) is 0 Å². The van der Waals surface area contributed by atoms with Gasteiger partial charge >= 0.3 is 0 Å². The lowest BCUT2D eigenvalue weighted by atomic mass is 10.0. The fourth-order valence-electron chi connectivity index (χ4n) is 3.19. The van der Waals surface area contributed by atoms with Crippen molar-refractivity contribution in [1.29, 1.82) is 0 Å². The van der Waals surface area contributed by atoms with E-state index < -0.39 is 0 Å². The van der Waals surface area contributed by atoms with E-state index in [2.05, 4.69) is 12.1 Å². The Balaban J connectivity index is 1.75. The normalized spacial score (nSPS) is 20.5. The van der Waals surface area contributed by atoms with Crippen LogP contribution in [0, 0.1) is 0 Å². The molecule has 3 rings (SSSR count). The Morgan fingerprint density at radius 2 is 2.04 bits per heavy atom. The van der Waals surface area contributed by atoms with Gasteiger partial charge in [-0.2, -0.15) is 0 Å². The van der Waals surface area contributed by atoms with Crippen molar-refractivity contribution < 1.29 is 14.3 Å². The summed E-state index contributed by atoms with van der Waals surface area (Å²) in [6, 6.07) is 14.2. The minimum absolute atomic E-state index is 0.0595. The first-order chi connectivity index (χ1) is 11.8. The molecule has 5 heteroatoms. The van der Waals surface area contributed by atoms with E-state index in [0.717, 1.165) is 24.3 Å². The van der Waals surface area contributed by atoms with Gasteiger partial charge in [0.2, 0.25) is 0 Å². The number of ether oxygens (including phenoxy) is 2. The van der Waals surface area contributed by atoms with Gasteiger partial charge in [0.15, 0.2) is 0 Å². The molecule has 1 aromatic heterocycles. The smallest absolute Gasteiger partial charge is 0.264 e. The summed E-state index contributed by atoms with van der Waals surface area (Å²) in [7, 11) is 1.67. The van der Waals surface area contributed by atoms with Crippen LogP contribution in [0.15, 0.2) is 47.8 Å². The topological polar surface area (TPSA) is 38.8 Å². The molecule has 0 bridgehead atoms. The minimum Gasteiger partial charge on any atom is -0.382 e. The van der Waals surface area contributed by atoms with E-state index in [1.165, 1.54) is 16.9 Å². The average molecular weight is 345 g/mol. The number of hydrogen-bond acceptors (Lipinski definition) is 4. The van der Waals surface area contributed by atoms with Crippen LogP contribution < -0.4 is 0 Å². The molecule has 24 heavy (non-hydrogen) atoms. The van der Waals surface area contributed by atoms with Crippen molar-refractivity contribution in [2.24, 2.45) is 0 Å². The van der Waals surface area contributed by atoms with Crippen molar-refractivity contribution in [1.82, 2.24) is 4.90 Å². The van der Waals surface area contributed by atoms with Crippen LogP contribution in [0.25, 0.3) is 0 Å². The molecule has 0 aliphatic carbocycles. The van der Waals surface area contributed by atoms with Gasteiger partial charge in [-0.15, -0.1) is 11.3 Å². The van der Waals surface area contributed by atoms with Crippen molar-refractivity contribution in [2.75, 3.05) is 26.9 Å². The van der Waals surface area contributed by atoms with Crippen molar-refractivity contribution >= 4 is 17.2 Å². The SMILES string of the molecule is COCCO[C@@H]1CCN(C(=O)c2cccs2)[C@H]1Cc1ccccc1. The average Bonchev–Trinajstić information content (AvgIpc) is 3.26. The molecule has 2 heterocycles. The third-order valence-corrected chi connectivity index (χ3v) is 5.24. The molecule has 128 valence electrons. The first kappa shape index (κ1) is 17.1. The molecule has 1 aromatic carbocycles. The van der Waals surface area contributed by atoms with E-state index in [-0.39, 0.29) is 18.1 Å². The van der Waals surface area contributed by atoms with Crippen LogP contribution >= 0.6 is 11.3 Å². The Hall–Kier alpha value is -1.69. The van der Waals surface area contributed by atoms with Gasteiger partial charge in [0.25, 0.3) is 5.91 Å². The number of thiophene rings is 1. The largest absolute Gasteiger partial charge is 0.382 e. The molecule has 0 saturated carbocycles. The Bertz CT molecular complexity index is 629. The van der Waals surface area contributed by atoms with Crippen LogP contribution in [-0.4, -0.2) is 49.8 Å². The summed E-state index contributed by atoms with van der Waals surface area (Å²) in [6.07, 6.45) is 1.75. The standard InChI is InChI=1S/C19H23NO3S/c1-22-11-12-23-17-9-10-20(19(21)18-8-5-13-24-18)16(17)14-15-6-3-2-4-7-15/h2-8,13,16-17H,9-12,14H2,1H3/t16-,17+/m0/s1. The van der Waals surface area contributed by atoms with Crippen LogP contribution in [-0.2, 0) is 15.9 Å². The Morgan fingerprint density at radius 3 is 2.75 bits per heavy atom. The van der Waals surface area contributed by atoms with Crippen LogP contribution in [0.1, 0.15) is 21.7 Å². The molecule has 2 aromatic rings. The number of nitrogens with zero attached hydrogens (tertiary/aromatic N) is 1. The molecule has 1 saturated heterocycles. The summed E-state index contributed by atoms with van der Waals surface area (Å²) >= 11 is 1.50. The second-order valence-electron chi connectivity index (χ2n) is 5.92.